The topological polar surface area (TPSA) is 55.8 Å². The van der Waals surface area contributed by atoms with Crippen LogP contribution in [0.3, 0.4) is 0 Å². The molecule has 0 aliphatic carbocycles. The number of rotatable bonds is 7. The lowest BCUT2D eigenvalue weighted by atomic mass is 10.1. The highest BCUT2D eigenvalue weighted by molar-refractivity contribution is 7.91. The molecule has 0 radical (unpaired) electrons. The Bertz CT molecular complexity index is 1020. The Kier molecular flexibility index (Phi) is 6.94. The summed E-state index contributed by atoms with van der Waals surface area (Å²) in [7, 11) is -3.84. The second-order valence-corrected chi connectivity index (χ2v) is 9.42. The quantitative estimate of drug-likeness (QED) is 0.531. The standard InChI is InChI=1S/C20H19F6NO4S/c21-19(22,23)30-16-6-4-14(5-7-16)11-27-9-8-15(12-27)13-32(28,29)18-3-1-2-17(10-18)31-20(24,25)26/h1-7,10,15H,8-9,11-13H2/t15-/m1/s1. The SMILES string of the molecule is O=S(=O)(C[C@@H]1CCN(Cc2ccc(OC(F)(F)F)cc2)C1)c1cccc(OC(F)(F)F)c1. The van der Waals surface area contributed by atoms with Crippen molar-refractivity contribution in [2.45, 2.75) is 30.6 Å². The summed E-state index contributed by atoms with van der Waals surface area (Å²) in [5.41, 5.74) is 0.736. The van der Waals surface area contributed by atoms with Gasteiger partial charge in [0.15, 0.2) is 9.84 Å². The summed E-state index contributed by atoms with van der Waals surface area (Å²) in [6, 6.07) is 9.67. The van der Waals surface area contributed by atoms with Crippen molar-refractivity contribution in [3.05, 3.63) is 54.1 Å². The first kappa shape index (κ1) is 24.2. The van der Waals surface area contributed by atoms with E-state index in [0.717, 1.165) is 17.7 Å². The lowest BCUT2D eigenvalue weighted by Crippen LogP contribution is -2.23. The highest BCUT2D eigenvalue weighted by atomic mass is 32.2. The van der Waals surface area contributed by atoms with E-state index >= 15 is 0 Å². The average molecular weight is 483 g/mol. The number of likely N-dealkylation sites (tertiary alicyclic amines) is 1. The Hall–Kier alpha value is -2.47. The number of sulfone groups is 1. The number of ether oxygens (including phenoxy) is 2. The fourth-order valence-electron chi connectivity index (χ4n) is 3.52. The number of hydrogen-bond donors (Lipinski definition) is 0. The maximum Gasteiger partial charge on any atom is 0.573 e. The molecule has 1 atom stereocenters. The Morgan fingerprint density at radius 2 is 1.53 bits per heavy atom. The Morgan fingerprint density at radius 3 is 2.16 bits per heavy atom. The van der Waals surface area contributed by atoms with Crippen LogP contribution in [-0.2, 0) is 16.4 Å². The van der Waals surface area contributed by atoms with Gasteiger partial charge in [-0.3, -0.25) is 4.90 Å². The Labute approximate surface area is 180 Å². The number of benzene rings is 2. The van der Waals surface area contributed by atoms with Crippen LogP contribution in [0, 0.1) is 5.92 Å². The third-order valence-electron chi connectivity index (χ3n) is 4.79. The predicted molar refractivity (Wildman–Crippen MR) is 102 cm³/mol. The summed E-state index contributed by atoms with van der Waals surface area (Å²) in [4.78, 5) is 1.71. The molecular formula is C20H19F6NO4S. The van der Waals surface area contributed by atoms with E-state index in [2.05, 4.69) is 9.47 Å². The minimum Gasteiger partial charge on any atom is -0.406 e. The fourth-order valence-corrected chi connectivity index (χ4v) is 5.19. The van der Waals surface area contributed by atoms with E-state index in [0.29, 0.717) is 26.1 Å². The molecule has 32 heavy (non-hydrogen) atoms. The van der Waals surface area contributed by atoms with E-state index in [-0.39, 0.29) is 22.3 Å². The molecule has 0 bridgehead atoms. The first-order valence-electron chi connectivity index (χ1n) is 9.45. The van der Waals surface area contributed by atoms with Crippen molar-refractivity contribution >= 4 is 9.84 Å². The molecule has 0 aromatic heterocycles. The van der Waals surface area contributed by atoms with Crippen molar-refractivity contribution in [3.8, 4) is 11.5 Å². The first-order chi connectivity index (χ1) is 14.8. The molecule has 1 saturated heterocycles. The van der Waals surface area contributed by atoms with Crippen molar-refractivity contribution in [3.63, 3.8) is 0 Å². The normalized spacial score (nSPS) is 18.0. The minimum atomic E-state index is -4.93. The van der Waals surface area contributed by atoms with Crippen molar-refractivity contribution in [2.24, 2.45) is 5.92 Å². The van der Waals surface area contributed by atoms with E-state index in [1.807, 2.05) is 4.90 Å². The Morgan fingerprint density at radius 1 is 0.906 bits per heavy atom. The molecular weight excluding hydrogens is 464 g/mol. The van der Waals surface area contributed by atoms with Crippen LogP contribution in [0.1, 0.15) is 12.0 Å². The summed E-state index contributed by atoms with van der Waals surface area (Å²) in [5, 5.41) is 0. The number of halogens is 6. The van der Waals surface area contributed by atoms with E-state index in [9.17, 15) is 34.8 Å². The zero-order valence-corrected chi connectivity index (χ0v) is 17.3. The van der Waals surface area contributed by atoms with Crippen LogP contribution in [0.2, 0.25) is 0 Å². The summed E-state index contributed by atoms with van der Waals surface area (Å²) in [5.74, 6) is -1.41. The van der Waals surface area contributed by atoms with Crippen molar-refractivity contribution in [2.75, 3.05) is 18.8 Å². The molecule has 0 amide bonds. The van der Waals surface area contributed by atoms with Gasteiger partial charge in [-0.2, -0.15) is 0 Å². The third kappa shape index (κ3) is 7.30. The molecule has 1 aliphatic rings. The lowest BCUT2D eigenvalue weighted by Gasteiger charge is -2.17. The van der Waals surface area contributed by atoms with Gasteiger partial charge in [0.1, 0.15) is 11.5 Å². The zero-order valence-electron chi connectivity index (χ0n) is 16.5. The fraction of sp³-hybridized carbons (Fsp3) is 0.400. The molecule has 0 spiro atoms. The van der Waals surface area contributed by atoms with Gasteiger partial charge < -0.3 is 9.47 Å². The van der Waals surface area contributed by atoms with Crippen LogP contribution in [0.25, 0.3) is 0 Å². The summed E-state index contributed by atoms with van der Waals surface area (Å²) < 4.78 is 107. The number of hydrogen-bond acceptors (Lipinski definition) is 5. The van der Waals surface area contributed by atoms with Crippen molar-refractivity contribution in [1.29, 1.82) is 0 Å². The van der Waals surface area contributed by atoms with Crippen LogP contribution >= 0.6 is 0 Å². The van der Waals surface area contributed by atoms with Crippen molar-refractivity contribution in [1.82, 2.24) is 4.90 Å². The van der Waals surface area contributed by atoms with E-state index in [1.54, 1.807) is 0 Å². The van der Waals surface area contributed by atoms with Gasteiger partial charge in [0, 0.05) is 13.1 Å². The van der Waals surface area contributed by atoms with Crippen molar-refractivity contribution < 1.29 is 44.2 Å². The average Bonchev–Trinajstić information content (AvgIpc) is 3.07. The smallest absolute Gasteiger partial charge is 0.406 e. The van der Waals surface area contributed by atoms with Gasteiger partial charge in [-0.15, -0.1) is 26.3 Å². The molecule has 0 saturated carbocycles. The van der Waals surface area contributed by atoms with Gasteiger partial charge in [0.05, 0.1) is 10.6 Å². The van der Waals surface area contributed by atoms with Gasteiger partial charge >= 0.3 is 12.7 Å². The molecule has 1 aliphatic heterocycles. The number of nitrogens with zero attached hydrogens (tertiary/aromatic N) is 1. The van der Waals surface area contributed by atoms with Crippen LogP contribution in [-0.4, -0.2) is 44.9 Å². The van der Waals surface area contributed by atoms with Gasteiger partial charge in [-0.05, 0) is 54.8 Å². The van der Waals surface area contributed by atoms with E-state index in [1.165, 1.54) is 36.4 Å². The number of alkyl halides is 6. The molecule has 0 N–H and O–H groups in total. The van der Waals surface area contributed by atoms with Gasteiger partial charge in [0.2, 0.25) is 0 Å². The van der Waals surface area contributed by atoms with Gasteiger partial charge in [-0.1, -0.05) is 18.2 Å². The molecule has 176 valence electrons. The second-order valence-electron chi connectivity index (χ2n) is 7.39. The second kappa shape index (κ2) is 9.18. The van der Waals surface area contributed by atoms with Crippen LogP contribution < -0.4 is 9.47 Å². The van der Waals surface area contributed by atoms with Crippen LogP contribution in [0.4, 0.5) is 26.3 Å². The molecule has 3 rings (SSSR count). The van der Waals surface area contributed by atoms with E-state index < -0.39 is 28.3 Å². The Balaban J connectivity index is 1.57. The first-order valence-corrected chi connectivity index (χ1v) is 11.1. The highest BCUT2D eigenvalue weighted by Gasteiger charge is 2.33. The summed E-state index contributed by atoms with van der Waals surface area (Å²) in [6.07, 6.45) is -9.13. The monoisotopic (exact) mass is 483 g/mol. The molecule has 2 aromatic carbocycles. The van der Waals surface area contributed by atoms with E-state index in [4.69, 9.17) is 0 Å². The maximum atomic E-state index is 12.7. The maximum absolute atomic E-state index is 12.7. The summed E-state index contributed by atoms with van der Waals surface area (Å²) in [6.45, 7) is 1.43. The molecule has 5 nitrogen and oxygen atoms in total. The van der Waals surface area contributed by atoms with Crippen LogP contribution in [0.5, 0.6) is 11.5 Å². The third-order valence-corrected chi connectivity index (χ3v) is 6.67. The molecule has 1 heterocycles. The molecule has 1 fully saturated rings. The van der Waals surface area contributed by atoms with Gasteiger partial charge in [0.25, 0.3) is 0 Å². The highest BCUT2D eigenvalue weighted by Crippen LogP contribution is 2.28. The summed E-state index contributed by atoms with van der Waals surface area (Å²) >= 11 is 0. The molecule has 2 aromatic rings. The van der Waals surface area contributed by atoms with Gasteiger partial charge in [-0.25, -0.2) is 8.42 Å². The largest absolute Gasteiger partial charge is 0.573 e. The minimum absolute atomic E-state index is 0.236. The molecule has 0 unspecified atom stereocenters. The van der Waals surface area contributed by atoms with Crippen LogP contribution in [0.15, 0.2) is 53.4 Å². The lowest BCUT2D eigenvalue weighted by molar-refractivity contribution is -0.275. The zero-order chi connectivity index (χ0) is 23.6. The predicted octanol–water partition coefficient (Wildman–Crippen LogP) is 4.78. The molecule has 12 heteroatoms.